The van der Waals surface area contributed by atoms with Crippen LogP contribution in [0.1, 0.15) is 18.0 Å². The normalized spacial score (nSPS) is 19.5. The number of hydrogen-bond donors (Lipinski definition) is 2. The number of nitrogens with one attached hydrogen (secondary N) is 2. The molecule has 0 bridgehead atoms. The Kier molecular flexibility index (Phi) is 5.85. The molecule has 2 N–H and O–H groups in total. The van der Waals surface area contributed by atoms with E-state index in [1.54, 1.807) is 0 Å². The lowest BCUT2D eigenvalue weighted by Crippen LogP contribution is -2.45. The number of nitrogens with zero attached hydrogens (tertiary/aromatic N) is 1. The summed E-state index contributed by atoms with van der Waals surface area (Å²) in [6, 6.07) is 7.42. The van der Waals surface area contributed by atoms with Crippen LogP contribution in [0.25, 0.3) is 0 Å². The van der Waals surface area contributed by atoms with Crippen molar-refractivity contribution in [3.63, 3.8) is 0 Å². The highest BCUT2D eigenvalue weighted by molar-refractivity contribution is 6.30. The molecule has 2 atom stereocenters. The fourth-order valence-corrected chi connectivity index (χ4v) is 2.45. The lowest BCUT2D eigenvalue weighted by atomic mass is 10.1. The zero-order valence-electron chi connectivity index (χ0n) is 12.4. The maximum absolute atomic E-state index is 12.1. The van der Waals surface area contributed by atoms with E-state index >= 15 is 0 Å². The van der Waals surface area contributed by atoms with Crippen molar-refractivity contribution in [3.8, 4) is 0 Å². The lowest BCUT2D eigenvalue weighted by molar-refractivity contribution is 0.187. The third-order valence-electron chi connectivity index (χ3n) is 3.39. The van der Waals surface area contributed by atoms with Gasteiger partial charge in [0.1, 0.15) is 0 Å². The number of hydrogen-bond acceptors (Lipinski definition) is 3. The molecule has 1 fully saturated rings. The van der Waals surface area contributed by atoms with E-state index in [0.29, 0.717) is 18.2 Å². The van der Waals surface area contributed by atoms with E-state index in [1.165, 1.54) is 0 Å². The van der Waals surface area contributed by atoms with Crippen molar-refractivity contribution in [2.45, 2.75) is 18.5 Å². The average molecular weight is 312 g/mol. The van der Waals surface area contributed by atoms with E-state index in [1.807, 2.05) is 43.3 Å². The Hall–Kier alpha value is -1.30. The van der Waals surface area contributed by atoms with Crippen molar-refractivity contribution < 1.29 is 9.53 Å². The highest BCUT2D eigenvalue weighted by Gasteiger charge is 2.20. The second-order valence-corrected chi connectivity index (χ2v) is 5.98. The Bertz CT molecular complexity index is 458. The summed E-state index contributed by atoms with van der Waals surface area (Å²) < 4.78 is 5.26. The molecule has 5 nitrogen and oxygen atoms in total. The molecule has 0 spiro atoms. The van der Waals surface area contributed by atoms with Crippen LogP contribution in [-0.4, -0.2) is 50.8 Å². The van der Waals surface area contributed by atoms with Crippen LogP contribution in [0.2, 0.25) is 5.02 Å². The molecule has 0 aliphatic carbocycles. The molecule has 21 heavy (non-hydrogen) atoms. The van der Waals surface area contributed by atoms with Crippen LogP contribution in [0.5, 0.6) is 0 Å². The molecule has 0 unspecified atom stereocenters. The van der Waals surface area contributed by atoms with Crippen LogP contribution in [0, 0.1) is 0 Å². The van der Waals surface area contributed by atoms with Crippen molar-refractivity contribution in [1.82, 2.24) is 15.5 Å². The van der Waals surface area contributed by atoms with E-state index in [-0.39, 0.29) is 18.1 Å². The minimum absolute atomic E-state index is 0.0837. The first kappa shape index (κ1) is 16.1. The third kappa shape index (κ3) is 5.19. The summed E-state index contributed by atoms with van der Waals surface area (Å²) in [5, 5.41) is 6.65. The number of urea groups is 1. The largest absolute Gasteiger partial charge is 0.379 e. The first-order chi connectivity index (χ1) is 10.0. The molecule has 2 rings (SSSR count). The van der Waals surface area contributed by atoms with Gasteiger partial charge < -0.3 is 20.3 Å². The molecular weight excluding hydrogens is 290 g/mol. The third-order valence-corrected chi connectivity index (χ3v) is 3.64. The number of halogens is 1. The smallest absolute Gasteiger partial charge is 0.315 e. The summed E-state index contributed by atoms with van der Waals surface area (Å²) in [5.74, 6) is 0. The number of ether oxygens (including phenoxy) is 1. The lowest BCUT2D eigenvalue weighted by Gasteiger charge is -2.24. The van der Waals surface area contributed by atoms with Gasteiger partial charge in [0, 0.05) is 18.2 Å². The quantitative estimate of drug-likeness (QED) is 0.875. The second kappa shape index (κ2) is 7.64. The number of benzene rings is 1. The molecule has 1 heterocycles. The van der Waals surface area contributed by atoms with Crippen molar-refractivity contribution in [3.05, 3.63) is 34.9 Å². The van der Waals surface area contributed by atoms with E-state index in [0.717, 1.165) is 18.5 Å². The summed E-state index contributed by atoms with van der Waals surface area (Å²) in [7, 11) is 3.96. The Morgan fingerprint density at radius 2 is 2.14 bits per heavy atom. The molecule has 1 aliphatic heterocycles. The molecule has 1 aromatic rings. The van der Waals surface area contributed by atoms with Crippen molar-refractivity contribution >= 4 is 17.6 Å². The Morgan fingerprint density at radius 3 is 2.71 bits per heavy atom. The van der Waals surface area contributed by atoms with Crippen molar-refractivity contribution in [2.75, 3.05) is 33.9 Å². The Morgan fingerprint density at radius 1 is 1.43 bits per heavy atom. The van der Waals surface area contributed by atoms with Crippen LogP contribution in [0.15, 0.2) is 24.3 Å². The fraction of sp³-hybridized carbons (Fsp3) is 0.533. The van der Waals surface area contributed by atoms with Gasteiger partial charge in [0.25, 0.3) is 0 Å². The minimum atomic E-state index is -0.160. The minimum Gasteiger partial charge on any atom is -0.379 e. The van der Waals surface area contributed by atoms with E-state index < -0.39 is 0 Å². The first-order valence-electron chi connectivity index (χ1n) is 7.09. The maximum Gasteiger partial charge on any atom is 0.315 e. The van der Waals surface area contributed by atoms with Crippen molar-refractivity contribution in [1.29, 1.82) is 0 Å². The molecule has 0 radical (unpaired) electrons. The van der Waals surface area contributed by atoms with E-state index in [2.05, 4.69) is 10.6 Å². The first-order valence-corrected chi connectivity index (χ1v) is 7.47. The van der Waals surface area contributed by atoms with Gasteiger partial charge in [-0.15, -0.1) is 0 Å². The summed E-state index contributed by atoms with van der Waals surface area (Å²) in [5.41, 5.74) is 1.03. The molecule has 0 aromatic heterocycles. The summed E-state index contributed by atoms with van der Waals surface area (Å²) in [6.45, 7) is 2.02. The van der Waals surface area contributed by atoms with Crippen LogP contribution in [-0.2, 0) is 4.74 Å². The Balaban J connectivity index is 1.98. The summed E-state index contributed by atoms with van der Waals surface area (Å²) >= 11 is 5.92. The van der Waals surface area contributed by atoms with Gasteiger partial charge in [0.15, 0.2) is 0 Å². The van der Waals surface area contributed by atoms with Gasteiger partial charge >= 0.3 is 6.03 Å². The van der Waals surface area contributed by atoms with Crippen LogP contribution < -0.4 is 10.6 Å². The van der Waals surface area contributed by atoms with Crippen LogP contribution in [0.3, 0.4) is 0 Å². The molecule has 1 aliphatic rings. The number of carbonyl (C=O) groups is 1. The van der Waals surface area contributed by atoms with Gasteiger partial charge in [-0.3, -0.25) is 0 Å². The van der Waals surface area contributed by atoms with Gasteiger partial charge in [0.2, 0.25) is 0 Å². The molecule has 1 saturated heterocycles. The average Bonchev–Trinajstić information content (AvgIpc) is 2.91. The molecule has 0 saturated carbocycles. The molecule has 1 aromatic carbocycles. The van der Waals surface area contributed by atoms with Gasteiger partial charge in [-0.2, -0.15) is 0 Å². The number of carbonyl (C=O) groups excluding carboxylic acids is 1. The van der Waals surface area contributed by atoms with Crippen LogP contribution in [0.4, 0.5) is 4.79 Å². The zero-order chi connectivity index (χ0) is 15.2. The van der Waals surface area contributed by atoms with Gasteiger partial charge in [-0.05, 0) is 38.2 Å². The van der Waals surface area contributed by atoms with E-state index in [4.69, 9.17) is 16.3 Å². The monoisotopic (exact) mass is 311 g/mol. The summed E-state index contributed by atoms with van der Waals surface area (Å²) in [6.07, 6.45) is 0.868. The highest BCUT2D eigenvalue weighted by atomic mass is 35.5. The predicted octanol–water partition coefficient (Wildman–Crippen LogP) is 2.03. The summed E-state index contributed by atoms with van der Waals surface area (Å²) in [4.78, 5) is 14.1. The highest BCUT2D eigenvalue weighted by Crippen LogP contribution is 2.17. The van der Waals surface area contributed by atoms with Gasteiger partial charge in [-0.25, -0.2) is 4.79 Å². The Labute approximate surface area is 130 Å². The van der Waals surface area contributed by atoms with Crippen LogP contribution >= 0.6 is 11.6 Å². The number of amides is 2. The van der Waals surface area contributed by atoms with Gasteiger partial charge in [-0.1, -0.05) is 23.7 Å². The molecule has 116 valence electrons. The maximum atomic E-state index is 12.1. The molecule has 2 amide bonds. The standard InChI is InChI=1S/C15H22ClN3O2/c1-19(2)9-14(11-3-5-12(16)6-4-11)18-15(20)17-13-7-8-21-10-13/h3-6,13-14H,7-10H2,1-2H3,(H2,17,18,20)/t13-,14+/m1/s1. The topological polar surface area (TPSA) is 53.6 Å². The number of rotatable bonds is 5. The molecule has 6 heteroatoms. The van der Waals surface area contributed by atoms with Gasteiger partial charge in [0.05, 0.1) is 18.7 Å². The fourth-order valence-electron chi connectivity index (χ4n) is 2.33. The predicted molar refractivity (Wildman–Crippen MR) is 83.6 cm³/mol. The SMILES string of the molecule is CN(C)C[C@H](NC(=O)N[C@@H]1CCOC1)c1ccc(Cl)cc1. The zero-order valence-corrected chi connectivity index (χ0v) is 13.2. The number of likely N-dealkylation sites (N-methyl/N-ethyl adjacent to an activating group) is 1. The van der Waals surface area contributed by atoms with E-state index in [9.17, 15) is 4.79 Å². The second-order valence-electron chi connectivity index (χ2n) is 5.54. The molecular formula is C15H22ClN3O2. The van der Waals surface area contributed by atoms with Crippen molar-refractivity contribution in [2.24, 2.45) is 0 Å².